The molecule has 7 nitrogen and oxygen atoms in total. The van der Waals surface area contributed by atoms with Gasteiger partial charge in [-0.05, 0) is 30.3 Å². The molecule has 1 spiro atoms. The lowest BCUT2D eigenvalue weighted by Crippen LogP contribution is -2.61. The summed E-state index contributed by atoms with van der Waals surface area (Å²) < 4.78 is 12.4. The number of hydrogen-bond acceptors (Lipinski definition) is 4. The third-order valence-corrected chi connectivity index (χ3v) is 6.25. The van der Waals surface area contributed by atoms with Gasteiger partial charge < -0.3 is 24.7 Å². The summed E-state index contributed by atoms with van der Waals surface area (Å²) in [5, 5.41) is 3.93. The first-order chi connectivity index (χ1) is 14.5. The third-order valence-electron chi connectivity index (χ3n) is 5.76. The number of benzene rings is 2. The number of nitrogens with zero attached hydrogens (tertiary/aromatic N) is 1. The SMILES string of the molecule is COc1cccc2cc(C(=O)N3CCC4(CC3)NC(=O)c3cc(Br)ccc3O4)[nH]c12. The van der Waals surface area contributed by atoms with Crippen molar-refractivity contribution in [2.45, 2.75) is 18.6 Å². The Kier molecular flexibility index (Phi) is 4.47. The molecule has 1 saturated heterocycles. The van der Waals surface area contributed by atoms with Gasteiger partial charge in [-0.3, -0.25) is 9.59 Å². The number of halogens is 1. The number of aromatic nitrogens is 1. The number of amides is 2. The number of nitrogens with one attached hydrogen (secondary N) is 2. The van der Waals surface area contributed by atoms with E-state index in [1.807, 2.05) is 30.3 Å². The van der Waals surface area contributed by atoms with E-state index in [1.54, 1.807) is 24.1 Å². The molecule has 8 heteroatoms. The van der Waals surface area contributed by atoms with Gasteiger partial charge in [-0.2, -0.15) is 0 Å². The highest BCUT2D eigenvalue weighted by Gasteiger charge is 2.43. The number of rotatable bonds is 2. The highest BCUT2D eigenvalue weighted by molar-refractivity contribution is 9.10. The summed E-state index contributed by atoms with van der Waals surface area (Å²) in [6.07, 6.45) is 1.03. The molecule has 0 atom stereocenters. The second-order valence-corrected chi connectivity index (χ2v) is 8.51. The first-order valence-electron chi connectivity index (χ1n) is 9.74. The van der Waals surface area contributed by atoms with Crippen LogP contribution in [-0.4, -0.2) is 47.6 Å². The second kappa shape index (κ2) is 7.05. The summed E-state index contributed by atoms with van der Waals surface area (Å²) in [7, 11) is 1.61. The fourth-order valence-corrected chi connectivity index (χ4v) is 4.52. The number of carbonyl (C=O) groups is 2. The Labute approximate surface area is 181 Å². The maximum Gasteiger partial charge on any atom is 0.270 e. The molecule has 154 valence electrons. The number of H-pyrrole nitrogens is 1. The summed E-state index contributed by atoms with van der Waals surface area (Å²) in [6, 6.07) is 12.9. The monoisotopic (exact) mass is 469 g/mol. The molecule has 2 amide bonds. The summed E-state index contributed by atoms with van der Waals surface area (Å²) in [6.45, 7) is 0.967. The highest BCUT2D eigenvalue weighted by atomic mass is 79.9. The van der Waals surface area contributed by atoms with E-state index < -0.39 is 5.72 Å². The molecule has 0 bridgehead atoms. The molecule has 3 heterocycles. The Morgan fingerprint density at radius 3 is 2.77 bits per heavy atom. The third kappa shape index (κ3) is 3.11. The molecule has 0 radical (unpaired) electrons. The zero-order valence-electron chi connectivity index (χ0n) is 16.3. The lowest BCUT2D eigenvalue weighted by molar-refractivity contribution is -0.0246. The number of methoxy groups -OCH3 is 1. The maximum atomic E-state index is 13.1. The lowest BCUT2D eigenvalue weighted by Gasteiger charge is -2.44. The van der Waals surface area contributed by atoms with Gasteiger partial charge in [0.15, 0.2) is 5.72 Å². The molecule has 1 fully saturated rings. The summed E-state index contributed by atoms with van der Waals surface area (Å²) in [5.74, 6) is 1.05. The van der Waals surface area contributed by atoms with E-state index in [-0.39, 0.29) is 11.8 Å². The molecule has 0 aliphatic carbocycles. The van der Waals surface area contributed by atoms with Crippen LogP contribution >= 0.6 is 15.9 Å². The highest BCUT2D eigenvalue weighted by Crippen LogP contribution is 2.35. The number of aromatic amines is 1. The fourth-order valence-electron chi connectivity index (χ4n) is 4.16. The van der Waals surface area contributed by atoms with Crippen LogP contribution in [0.3, 0.4) is 0 Å². The molecule has 30 heavy (non-hydrogen) atoms. The van der Waals surface area contributed by atoms with Crippen molar-refractivity contribution >= 4 is 38.6 Å². The average Bonchev–Trinajstić information content (AvgIpc) is 3.19. The Hall–Kier alpha value is -3.00. The molecular weight excluding hydrogens is 450 g/mol. The Morgan fingerprint density at radius 1 is 1.20 bits per heavy atom. The normalized spacial score (nSPS) is 17.4. The van der Waals surface area contributed by atoms with E-state index in [1.165, 1.54) is 0 Å². The van der Waals surface area contributed by atoms with Crippen LogP contribution in [0.4, 0.5) is 0 Å². The first-order valence-corrected chi connectivity index (χ1v) is 10.5. The van der Waals surface area contributed by atoms with Gasteiger partial charge in [-0.15, -0.1) is 0 Å². The Morgan fingerprint density at radius 2 is 2.00 bits per heavy atom. The van der Waals surface area contributed by atoms with Gasteiger partial charge in [0.2, 0.25) is 0 Å². The molecular formula is C22H20BrN3O4. The topological polar surface area (TPSA) is 83.7 Å². The van der Waals surface area contributed by atoms with Crippen molar-refractivity contribution in [3.8, 4) is 11.5 Å². The van der Waals surface area contributed by atoms with E-state index >= 15 is 0 Å². The zero-order chi connectivity index (χ0) is 20.9. The van der Waals surface area contributed by atoms with Gasteiger partial charge in [-0.1, -0.05) is 28.1 Å². The van der Waals surface area contributed by atoms with Crippen molar-refractivity contribution in [1.82, 2.24) is 15.2 Å². The number of hydrogen-bond donors (Lipinski definition) is 2. The maximum absolute atomic E-state index is 13.1. The van der Waals surface area contributed by atoms with Crippen LogP contribution in [0, 0.1) is 0 Å². The van der Waals surface area contributed by atoms with Crippen LogP contribution in [0.15, 0.2) is 46.9 Å². The smallest absolute Gasteiger partial charge is 0.270 e. The number of piperidine rings is 1. The number of carbonyl (C=O) groups excluding carboxylic acids is 2. The van der Waals surface area contributed by atoms with Crippen LogP contribution < -0.4 is 14.8 Å². The fraction of sp³-hybridized carbons (Fsp3) is 0.273. The van der Waals surface area contributed by atoms with Crippen molar-refractivity contribution in [3.05, 3.63) is 58.2 Å². The van der Waals surface area contributed by atoms with Gasteiger partial charge in [0, 0.05) is 35.8 Å². The summed E-state index contributed by atoms with van der Waals surface area (Å²) in [5.41, 5.74) is 1.07. The second-order valence-electron chi connectivity index (χ2n) is 7.59. The minimum absolute atomic E-state index is 0.0745. The predicted octanol–water partition coefficient (Wildman–Crippen LogP) is 3.69. The predicted molar refractivity (Wildman–Crippen MR) is 115 cm³/mol. The molecule has 0 unspecified atom stereocenters. The average molecular weight is 470 g/mol. The molecule has 2 aliphatic rings. The Bertz CT molecular complexity index is 1160. The van der Waals surface area contributed by atoms with Crippen LogP contribution in [0.2, 0.25) is 0 Å². The van der Waals surface area contributed by atoms with Gasteiger partial charge in [0.1, 0.15) is 17.2 Å². The van der Waals surface area contributed by atoms with Crippen molar-refractivity contribution in [2.75, 3.05) is 20.2 Å². The Balaban J connectivity index is 1.33. The van der Waals surface area contributed by atoms with Gasteiger partial charge in [0.25, 0.3) is 11.8 Å². The van der Waals surface area contributed by atoms with E-state index in [0.717, 1.165) is 15.4 Å². The molecule has 2 aliphatic heterocycles. The number of likely N-dealkylation sites (tertiary alicyclic amines) is 1. The van der Waals surface area contributed by atoms with Crippen molar-refractivity contribution in [3.63, 3.8) is 0 Å². The van der Waals surface area contributed by atoms with Gasteiger partial charge >= 0.3 is 0 Å². The molecule has 2 N–H and O–H groups in total. The number of fused-ring (bicyclic) bond motifs is 2. The summed E-state index contributed by atoms with van der Waals surface area (Å²) >= 11 is 3.38. The van der Waals surface area contributed by atoms with Crippen LogP contribution in [0.25, 0.3) is 10.9 Å². The van der Waals surface area contributed by atoms with Crippen molar-refractivity contribution < 1.29 is 19.1 Å². The van der Waals surface area contributed by atoms with Crippen LogP contribution in [-0.2, 0) is 0 Å². The number of ether oxygens (including phenoxy) is 2. The van der Waals surface area contributed by atoms with Crippen LogP contribution in [0.1, 0.15) is 33.7 Å². The molecule has 3 aromatic rings. The van der Waals surface area contributed by atoms with E-state index in [2.05, 4.69) is 26.2 Å². The largest absolute Gasteiger partial charge is 0.495 e. The van der Waals surface area contributed by atoms with E-state index in [9.17, 15) is 9.59 Å². The zero-order valence-corrected chi connectivity index (χ0v) is 17.9. The van der Waals surface area contributed by atoms with E-state index in [4.69, 9.17) is 9.47 Å². The minimum Gasteiger partial charge on any atom is -0.495 e. The van der Waals surface area contributed by atoms with Gasteiger partial charge in [-0.25, -0.2) is 0 Å². The standard InChI is InChI=1S/C22H20BrN3O4/c1-29-18-4-2-3-13-11-16(24-19(13)18)21(28)26-9-7-22(8-10-26)25-20(27)15-12-14(23)5-6-17(15)30-22/h2-6,11-12,24H,7-10H2,1H3,(H,25,27). The van der Waals surface area contributed by atoms with Gasteiger partial charge in [0.05, 0.1) is 18.2 Å². The molecule has 2 aromatic carbocycles. The quantitative estimate of drug-likeness (QED) is 0.599. The van der Waals surface area contributed by atoms with E-state index in [0.29, 0.717) is 48.7 Å². The molecule has 1 aromatic heterocycles. The lowest BCUT2D eigenvalue weighted by atomic mass is 9.96. The first kappa shape index (κ1) is 19.0. The number of para-hydroxylation sites is 1. The molecule has 5 rings (SSSR count). The van der Waals surface area contributed by atoms with Crippen molar-refractivity contribution in [2.24, 2.45) is 0 Å². The minimum atomic E-state index is -0.779. The molecule has 0 saturated carbocycles. The van der Waals surface area contributed by atoms with Crippen LogP contribution in [0.5, 0.6) is 11.5 Å². The summed E-state index contributed by atoms with van der Waals surface area (Å²) in [4.78, 5) is 30.6. The van der Waals surface area contributed by atoms with Crippen molar-refractivity contribution in [1.29, 1.82) is 0 Å².